The van der Waals surface area contributed by atoms with Crippen LogP contribution in [0.5, 0.6) is 0 Å². The number of anilines is 4. The Labute approximate surface area is 499 Å². The standard InChI is InChI=1S/C82H76N2/c1-9-10-55-82(73-39-27-64(28-40-73)61-21-19-58(2)20-22-61,74-45-41-71(42-46-74)80(3,4)69-35-23-62(24-36-69)65-29-49-76(50-30-65)83(7)78-53-33-59-15-11-13-17-67(59)56-78)75-47-43-72(44-48-75)81(5,6)70-37-25-63(26-38-70)66-31-51-77(52-32-66)84(8)79-54-34-60-16-12-14-18-68(60)57-79/h11-54,56-57H,9-10,55H2,1-8H3. The highest BCUT2D eigenvalue weighted by Gasteiger charge is 2.37. The average Bonchev–Trinajstić information content (AvgIpc) is 1.57. The number of aryl methyl sites for hydroxylation is 1. The lowest BCUT2D eigenvalue weighted by Gasteiger charge is -2.38. The monoisotopic (exact) mass is 1090 g/mol. The molecule has 12 aromatic rings. The summed E-state index contributed by atoms with van der Waals surface area (Å²) in [5.41, 5.74) is 21.6. The molecule has 0 saturated heterocycles. The lowest BCUT2D eigenvalue weighted by Crippen LogP contribution is -2.30. The van der Waals surface area contributed by atoms with Crippen LogP contribution in [0.1, 0.15) is 98.4 Å². The zero-order valence-electron chi connectivity index (χ0n) is 50.1. The summed E-state index contributed by atoms with van der Waals surface area (Å²) in [5, 5.41) is 5.01. The van der Waals surface area contributed by atoms with E-state index in [0.29, 0.717) is 0 Å². The van der Waals surface area contributed by atoms with Crippen molar-refractivity contribution in [2.75, 3.05) is 23.9 Å². The Kier molecular flexibility index (Phi) is 15.3. The van der Waals surface area contributed by atoms with Gasteiger partial charge in [-0.3, -0.25) is 0 Å². The van der Waals surface area contributed by atoms with Crippen LogP contribution in [-0.2, 0) is 16.2 Å². The van der Waals surface area contributed by atoms with E-state index in [1.54, 1.807) is 0 Å². The molecule has 12 aromatic carbocycles. The topological polar surface area (TPSA) is 6.48 Å². The fourth-order valence-electron chi connectivity index (χ4n) is 12.7. The first kappa shape index (κ1) is 55.3. The molecule has 2 heteroatoms. The Morgan fingerprint density at radius 1 is 0.286 bits per heavy atom. The van der Waals surface area contributed by atoms with Crippen molar-refractivity contribution < 1.29 is 0 Å². The van der Waals surface area contributed by atoms with Crippen LogP contribution < -0.4 is 9.80 Å². The summed E-state index contributed by atoms with van der Waals surface area (Å²) in [5.74, 6) is 0. The van der Waals surface area contributed by atoms with E-state index in [1.165, 1.54) is 111 Å². The smallest absolute Gasteiger partial charge is 0.0451 e. The van der Waals surface area contributed by atoms with Crippen LogP contribution in [0.25, 0.3) is 54.9 Å². The number of hydrogen-bond donors (Lipinski definition) is 0. The minimum absolute atomic E-state index is 0.225. The summed E-state index contributed by atoms with van der Waals surface area (Å²) in [7, 11) is 4.29. The molecule has 2 nitrogen and oxygen atoms in total. The Bertz CT molecular complexity index is 3960. The fraction of sp³-hybridized carbons (Fsp3) is 0.171. The molecule has 0 N–H and O–H groups in total. The number of unbranched alkanes of at least 4 members (excludes halogenated alkanes) is 1. The van der Waals surface area contributed by atoms with Gasteiger partial charge in [0.2, 0.25) is 0 Å². The van der Waals surface area contributed by atoms with Gasteiger partial charge in [-0.2, -0.15) is 0 Å². The van der Waals surface area contributed by atoms with E-state index in [2.05, 4.69) is 344 Å². The van der Waals surface area contributed by atoms with E-state index < -0.39 is 0 Å². The molecule has 0 aliphatic rings. The molecule has 0 amide bonds. The molecule has 0 saturated carbocycles. The second-order valence-corrected chi connectivity index (χ2v) is 24.3. The van der Waals surface area contributed by atoms with E-state index >= 15 is 0 Å². The molecule has 0 bridgehead atoms. The first-order chi connectivity index (χ1) is 40.8. The Hall–Kier alpha value is -9.24. The third kappa shape index (κ3) is 10.9. The van der Waals surface area contributed by atoms with E-state index in [1.807, 2.05) is 0 Å². The van der Waals surface area contributed by atoms with Crippen molar-refractivity contribution in [3.05, 3.63) is 324 Å². The van der Waals surface area contributed by atoms with E-state index in [-0.39, 0.29) is 16.2 Å². The average molecular weight is 1090 g/mol. The maximum atomic E-state index is 2.43. The third-order valence-corrected chi connectivity index (χ3v) is 18.5. The molecule has 0 heterocycles. The largest absolute Gasteiger partial charge is 0.345 e. The van der Waals surface area contributed by atoms with Crippen molar-refractivity contribution in [3.8, 4) is 33.4 Å². The molecule has 84 heavy (non-hydrogen) atoms. The van der Waals surface area contributed by atoms with Gasteiger partial charge in [-0.1, -0.05) is 284 Å². The molecular weight excluding hydrogens is 1010 g/mol. The maximum absolute atomic E-state index is 2.43. The lowest BCUT2D eigenvalue weighted by molar-refractivity contribution is 0.526. The van der Waals surface area contributed by atoms with Crippen molar-refractivity contribution >= 4 is 44.3 Å². The van der Waals surface area contributed by atoms with Crippen molar-refractivity contribution in [2.45, 2.75) is 77.0 Å². The second-order valence-electron chi connectivity index (χ2n) is 24.3. The van der Waals surface area contributed by atoms with Gasteiger partial charge in [0.15, 0.2) is 0 Å². The SMILES string of the molecule is CCCCC(c1ccc(-c2ccc(C)cc2)cc1)(c1ccc(C(C)(C)c2ccc(-c3ccc(N(C)c4ccc5ccccc5c4)cc3)cc2)cc1)c1ccc(C(C)(C)c2ccc(-c3ccc(N(C)c4ccc5ccccc5c4)cc3)cc2)cc1. The lowest BCUT2D eigenvalue weighted by atomic mass is 9.65. The molecule has 0 spiro atoms. The highest BCUT2D eigenvalue weighted by atomic mass is 15.1. The number of rotatable bonds is 17. The molecule has 0 unspecified atom stereocenters. The van der Waals surface area contributed by atoms with E-state index in [9.17, 15) is 0 Å². The molecule has 0 atom stereocenters. The van der Waals surface area contributed by atoms with Crippen LogP contribution in [0.15, 0.2) is 279 Å². The van der Waals surface area contributed by atoms with Gasteiger partial charge in [-0.05, 0) is 156 Å². The van der Waals surface area contributed by atoms with Crippen LogP contribution in [0.4, 0.5) is 22.7 Å². The predicted octanol–water partition coefficient (Wildman–Crippen LogP) is 22.0. The molecule has 414 valence electrons. The number of nitrogens with zero attached hydrogens (tertiary/aromatic N) is 2. The molecular formula is C82H76N2. The van der Waals surface area contributed by atoms with Gasteiger partial charge in [-0.15, -0.1) is 0 Å². The Morgan fingerprint density at radius 3 is 0.881 bits per heavy atom. The normalized spacial score (nSPS) is 12.0. The predicted molar refractivity (Wildman–Crippen MR) is 361 cm³/mol. The molecule has 0 aliphatic heterocycles. The summed E-state index contributed by atoms with van der Waals surface area (Å²) < 4.78 is 0. The summed E-state index contributed by atoms with van der Waals surface area (Å²) in [6, 6.07) is 104. The Balaban J connectivity index is 0.808. The molecule has 12 rings (SSSR count). The van der Waals surface area contributed by atoms with Gasteiger partial charge in [-0.25, -0.2) is 0 Å². The first-order valence-electron chi connectivity index (χ1n) is 30.1. The van der Waals surface area contributed by atoms with Crippen LogP contribution in [0.3, 0.4) is 0 Å². The summed E-state index contributed by atoms with van der Waals surface area (Å²) in [6.45, 7) is 13.9. The van der Waals surface area contributed by atoms with Crippen LogP contribution >= 0.6 is 0 Å². The first-order valence-corrected chi connectivity index (χ1v) is 30.1. The van der Waals surface area contributed by atoms with Gasteiger partial charge in [0, 0.05) is 53.1 Å². The quantitative estimate of drug-likeness (QED) is 0.0839. The van der Waals surface area contributed by atoms with Gasteiger partial charge in [0.05, 0.1) is 0 Å². The number of hydrogen-bond acceptors (Lipinski definition) is 2. The van der Waals surface area contributed by atoms with Crippen molar-refractivity contribution in [3.63, 3.8) is 0 Å². The zero-order valence-corrected chi connectivity index (χ0v) is 50.1. The minimum Gasteiger partial charge on any atom is -0.345 e. The molecule has 0 aromatic heterocycles. The van der Waals surface area contributed by atoms with Crippen molar-refractivity contribution in [1.82, 2.24) is 0 Å². The highest BCUT2D eigenvalue weighted by molar-refractivity contribution is 5.88. The van der Waals surface area contributed by atoms with Gasteiger partial charge in [0.1, 0.15) is 0 Å². The summed E-state index contributed by atoms with van der Waals surface area (Å²) >= 11 is 0. The van der Waals surface area contributed by atoms with Crippen LogP contribution in [-0.4, -0.2) is 14.1 Å². The Morgan fingerprint density at radius 2 is 0.548 bits per heavy atom. The molecule has 0 radical (unpaired) electrons. The van der Waals surface area contributed by atoms with Crippen LogP contribution in [0, 0.1) is 6.92 Å². The second kappa shape index (κ2) is 23.2. The van der Waals surface area contributed by atoms with Crippen molar-refractivity contribution in [2.24, 2.45) is 0 Å². The number of fused-ring (bicyclic) bond motifs is 2. The molecule has 0 fully saturated rings. The van der Waals surface area contributed by atoms with Gasteiger partial charge in [0.25, 0.3) is 0 Å². The fourth-order valence-corrected chi connectivity index (χ4v) is 12.7. The van der Waals surface area contributed by atoms with Gasteiger partial charge < -0.3 is 9.80 Å². The summed E-state index contributed by atoms with van der Waals surface area (Å²) in [6.07, 6.45) is 3.18. The van der Waals surface area contributed by atoms with Crippen LogP contribution in [0.2, 0.25) is 0 Å². The van der Waals surface area contributed by atoms with E-state index in [4.69, 9.17) is 0 Å². The highest BCUT2D eigenvalue weighted by Crippen LogP contribution is 2.46. The third-order valence-electron chi connectivity index (χ3n) is 18.5. The number of benzene rings is 12. The molecule has 0 aliphatic carbocycles. The van der Waals surface area contributed by atoms with Crippen molar-refractivity contribution in [1.29, 1.82) is 0 Å². The summed E-state index contributed by atoms with van der Waals surface area (Å²) in [4.78, 5) is 4.52. The van der Waals surface area contributed by atoms with Gasteiger partial charge >= 0.3 is 0 Å². The minimum atomic E-state index is -0.379. The van der Waals surface area contributed by atoms with E-state index in [0.717, 1.165) is 30.6 Å². The zero-order chi connectivity index (χ0) is 58.0. The maximum Gasteiger partial charge on any atom is 0.0451 e.